The molecule has 1 aliphatic heterocycles. The van der Waals surface area contributed by atoms with Crippen molar-refractivity contribution in [3.63, 3.8) is 0 Å². The molecule has 0 spiro atoms. The average Bonchev–Trinajstić information content (AvgIpc) is 2.57. The molecular formula is C12H24O2. The van der Waals surface area contributed by atoms with Gasteiger partial charge in [-0.05, 0) is 25.7 Å². The Morgan fingerprint density at radius 2 is 2.07 bits per heavy atom. The zero-order valence-electron chi connectivity index (χ0n) is 9.75. The lowest BCUT2D eigenvalue weighted by Crippen LogP contribution is -2.34. The van der Waals surface area contributed by atoms with Crippen molar-refractivity contribution in [2.75, 3.05) is 13.2 Å². The second-order valence-corrected chi connectivity index (χ2v) is 4.67. The minimum absolute atomic E-state index is 0.0523. The van der Waals surface area contributed by atoms with Gasteiger partial charge in [-0.3, -0.25) is 0 Å². The second kappa shape index (κ2) is 5.13. The van der Waals surface area contributed by atoms with Gasteiger partial charge in [0.1, 0.15) is 0 Å². The van der Waals surface area contributed by atoms with Gasteiger partial charge in [0, 0.05) is 12.0 Å². The molecule has 0 aromatic carbocycles. The van der Waals surface area contributed by atoms with Crippen LogP contribution >= 0.6 is 0 Å². The van der Waals surface area contributed by atoms with Gasteiger partial charge in [0.2, 0.25) is 0 Å². The van der Waals surface area contributed by atoms with Gasteiger partial charge in [-0.25, -0.2) is 0 Å². The van der Waals surface area contributed by atoms with Crippen molar-refractivity contribution in [1.82, 2.24) is 0 Å². The van der Waals surface area contributed by atoms with E-state index in [1.54, 1.807) is 0 Å². The van der Waals surface area contributed by atoms with Crippen LogP contribution in [0.3, 0.4) is 0 Å². The molecule has 0 aliphatic carbocycles. The van der Waals surface area contributed by atoms with E-state index >= 15 is 0 Å². The Bertz CT molecular complexity index is 166. The standard InChI is InChI=1S/C12H24O2/c1-4-11(5-2)8-12(9-13)6-7-14-10(12)3/h10-11,13H,4-9H2,1-3H3. The maximum atomic E-state index is 9.55. The lowest BCUT2D eigenvalue weighted by atomic mass is 9.74. The summed E-state index contributed by atoms with van der Waals surface area (Å²) in [4.78, 5) is 0. The molecule has 2 atom stereocenters. The molecule has 2 nitrogen and oxygen atoms in total. The van der Waals surface area contributed by atoms with Gasteiger partial charge in [-0.15, -0.1) is 0 Å². The van der Waals surface area contributed by atoms with Crippen LogP contribution < -0.4 is 0 Å². The van der Waals surface area contributed by atoms with Gasteiger partial charge in [-0.1, -0.05) is 26.7 Å². The van der Waals surface area contributed by atoms with Crippen LogP contribution in [-0.4, -0.2) is 24.4 Å². The normalized spacial score (nSPS) is 32.8. The SMILES string of the molecule is CCC(CC)CC1(CO)CCOC1C. The molecule has 0 aromatic heterocycles. The third kappa shape index (κ3) is 2.29. The molecule has 1 fully saturated rings. The van der Waals surface area contributed by atoms with E-state index in [0.29, 0.717) is 0 Å². The molecule has 0 amide bonds. The molecule has 2 heteroatoms. The Kier molecular flexibility index (Phi) is 4.39. The molecule has 14 heavy (non-hydrogen) atoms. The van der Waals surface area contributed by atoms with E-state index in [1.807, 2.05) is 0 Å². The highest BCUT2D eigenvalue weighted by molar-refractivity contribution is 4.90. The average molecular weight is 200 g/mol. The van der Waals surface area contributed by atoms with Crippen molar-refractivity contribution in [2.45, 2.75) is 52.6 Å². The molecule has 84 valence electrons. The van der Waals surface area contributed by atoms with Gasteiger partial charge in [-0.2, -0.15) is 0 Å². The highest BCUT2D eigenvalue weighted by Crippen LogP contribution is 2.41. The first-order valence-electron chi connectivity index (χ1n) is 5.91. The van der Waals surface area contributed by atoms with E-state index in [4.69, 9.17) is 4.74 Å². The first-order valence-corrected chi connectivity index (χ1v) is 5.91. The number of aliphatic hydroxyl groups excluding tert-OH is 1. The second-order valence-electron chi connectivity index (χ2n) is 4.67. The number of rotatable bonds is 5. The van der Waals surface area contributed by atoms with E-state index in [9.17, 15) is 5.11 Å². The minimum Gasteiger partial charge on any atom is -0.396 e. The van der Waals surface area contributed by atoms with Crippen molar-refractivity contribution >= 4 is 0 Å². The van der Waals surface area contributed by atoms with Crippen LogP contribution in [-0.2, 0) is 4.74 Å². The Labute approximate surface area is 87.7 Å². The molecule has 2 unspecified atom stereocenters. The molecule has 1 rings (SSSR count). The van der Waals surface area contributed by atoms with E-state index in [2.05, 4.69) is 20.8 Å². The molecule has 1 N–H and O–H groups in total. The highest BCUT2D eigenvalue weighted by Gasteiger charge is 2.41. The summed E-state index contributed by atoms with van der Waals surface area (Å²) in [5.41, 5.74) is 0.0523. The summed E-state index contributed by atoms with van der Waals surface area (Å²) in [5.74, 6) is 0.742. The van der Waals surface area contributed by atoms with Crippen LogP contribution in [0.15, 0.2) is 0 Å². The Balaban J connectivity index is 2.60. The summed E-state index contributed by atoms with van der Waals surface area (Å²) in [6, 6.07) is 0. The van der Waals surface area contributed by atoms with Gasteiger partial charge < -0.3 is 9.84 Å². The highest BCUT2D eigenvalue weighted by atomic mass is 16.5. The molecule has 0 saturated carbocycles. The van der Waals surface area contributed by atoms with Crippen molar-refractivity contribution in [1.29, 1.82) is 0 Å². The van der Waals surface area contributed by atoms with Crippen LogP contribution in [0, 0.1) is 11.3 Å². The fourth-order valence-corrected chi connectivity index (χ4v) is 2.51. The van der Waals surface area contributed by atoms with Crippen LogP contribution in [0.4, 0.5) is 0 Å². The molecule has 0 radical (unpaired) electrons. The summed E-state index contributed by atoms with van der Waals surface area (Å²) in [6.45, 7) is 7.68. The zero-order chi connectivity index (χ0) is 10.6. The third-order valence-electron chi connectivity index (χ3n) is 3.99. The summed E-state index contributed by atoms with van der Waals surface area (Å²) >= 11 is 0. The molecule has 1 aliphatic rings. The van der Waals surface area contributed by atoms with E-state index in [0.717, 1.165) is 25.4 Å². The van der Waals surface area contributed by atoms with Crippen molar-refractivity contribution in [3.8, 4) is 0 Å². The lowest BCUT2D eigenvalue weighted by Gasteiger charge is -2.33. The summed E-state index contributed by atoms with van der Waals surface area (Å²) in [5, 5.41) is 9.55. The summed E-state index contributed by atoms with van der Waals surface area (Å²) in [6.07, 6.45) is 4.81. The number of ether oxygens (including phenoxy) is 1. The van der Waals surface area contributed by atoms with Crippen LogP contribution in [0.1, 0.15) is 46.5 Å². The van der Waals surface area contributed by atoms with Gasteiger partial charge in [0.25, 0.3) is 0 Å². The molecule has 0 aromatic rings. The smallest absolute Gasteiger partial charge is 0.0626 e. The van der Waals surface area contributed by atoms with Gasteiger partial charge >= 0.3 is 0 Å². The van der Waals surface area contributed by atoms with E-state index in [-0.39, 0.29) is 18.1 Å². The fraction of sp³-hybridized carbons (Fsp3) is 1.00. The summed E-state index contributed by atoms with van der Waals surface area (Å²) in [7, 11) is 0. The van der Waals surface area contributed by atoms with Crippen molar-refractivity contribution in [2.24, 2.45) is 11.3 Å². The van der Waals surface area contributed by atoms with Gasteiger partial charge in [0.05, 0.1) is 12.7 Å². The topological polar surface area (TPSA) is 29.5 Å². The number of aliphatic hydroxyl groups is 1. The quantitative estimate of drug-likeness (QED) is 0.739. The van der Waals surface area contributed by atoms with Crippen molar-refractivity contribution < 1.29 is 9.84 Å². The first-order chi connectivity index (χ1) is 6.68. The largest absolute Gasteiger partial charge is 0.396 e. The predicted molar refractivity (Wildman–Crippen MR) is 58.2 cm³/mol. The zero-order valence-corrected chi connectivity index (χ0v) is 9.75. The van der Waals surface area contributed by atoms with Crippen molar-refractivity contribution in [3.05, 3.63) is 0 Å². The minimum atomic E-state index is 0.0523. The van der Waals surface area contributed by atoms with E-state index in [1.165, 1.54) is 12.8 Å². The maximum absolute atomic E-state index is 9.55. The first kappa shape index (κ1) is 12.0. The monoisotopic (exact) mass is 200 g/mol. The maximum Gasteiger partial charge on any atom is 0.0626 e. The Morgan fingerprint density at radius 3 is 2.43 bits per heavy atom. The molecule has 0 bridgehead atoms. The van der Waals surface area contributed by atoms with E-state index < -0.39 is 0 Å². The van der Waals surface area contributed by atoms with Gasteiger partial charge in [0.15, 0.2) is 0 Å². The number of hydrogen-bond acceptors (Lipinski definition) is 2. The molecule has 1 heterocycles. The van der Waals surface area contributed by atoms with Crippen LogP contribution in [0.2, 0.25) is 0 Å². The molecular weight excluding hydrogens is 176 g/mol. The Hall–Kier alpha value is -0.0800. The lowest BCUT2D eigenvalue weighted by molar-refractivity contribution is 0.0108. The number of hydrogen-bond donors (Lipinski definition) is 1. The van der Waals surface area contributed by atoms with Crippen LogP contribution in [0.25, 0.3) is 0 Å². The Morgan fingerprint density at radius 1 is 1.43 bits per heavy atom. The predicted octanol–water partition coefficient (Wildman–Crippen LogP) is 2.60. The van der Waals surface area contributed by atoms with Crippen LogP contribution in [0.5, 0.6) is 0 Å². The molecule has 1 saturated heterocycles. The fourth-order valence-electron chi connectivity index (χ4n) is 2.51. The summed E-state index contributed by atoms with van der Waals surface area (Å²) < 4.78 is 5.59. The third-order valence-corrected chi connectivity index (χ3v) is 3.99.